The number of carbonyl (C=O) groups is 1. The number of aromatic nitrogens is 1. The van der Waals surface area contributed by atoms with Crippen molar-refractivity contribution in [2.24, 2.45) is 11.3 Å². The van der Waals surface area contributed by atoms with Crippen molar-refractivity contribution in [1.82, 2.24) is 10.3 Å². The van der Waals surface area contributed by atoms with Gasteiger partial charge in [-0.25, -0.2) is 4.98 Å². The van der Waals surface area contributed by atoms with Gasteiger partial charge >= 0.3 is 0 Å². The second-order valence-electron chi connectivity index (χ2n) is 8.98. The summed E-state index contributed by atoms with van der Waals surface area (Å²) in [4.78, 5) is 18.4. The van der Waals surface area contributed by atoms with Gasteiger partial charge in [-0.05, 0) is 35.4 Å². The molecule has 170 valence electrons. The van der Waals surface area contributed by atoms with Crippen LogP contribution in [0.1, 0.15) is 28.0 Å². The van der Waals surface area contributed by atoms with E-state index in [-0.39, 0.29) is 11.8 Å². The fourth-order valence-electron chi connectivity index (χ4n) is 5.87. The summed E-state index contributed by atoms with van der Waals surface area (Å²) in [5.74, 6) is -1.18. The van der Waals surface area contributed by atoms with E-state index < -0.39 is 22.8 Å². The van der Waals surface area contributed by atoms with Crippen LogP contribution in [0.3, 0.4) is 0 Å². The number of hydrogen-bond donors (Lipinski definition) is 1. The lowest BCUT2D eigenvalue weighted by Gasteiger charge is -2.36. The fraction of sp³-hybridized carbons (Fsp3) is 0.214. The third-order valence-corrected chi connectivity index (χ3v) is 8.55. The van der Waals surface area contributed by atoms with E-state index in [0.29, 0.717) is 10.8 Å². The van der Waals surface area contributed by atoms with E-state index in [2.05, 4.69) is 17.5 Å². The monoisotopic (exact) mass is 476 g/mol. The van der Waals surface area contributed by atoms with Gasteiger partial charge in [-0.2, -0.15) is 10.5 Å². The van der Waals surface area contributed by atoms with Crippen LogP contribution in [0.4, 0.5) is 0 Å². The summed E-state index contributed by atoms with van der Waals surface area (Å²) in [5, 5.41) is 24.7. The lowest BCUT2D eigenvalue weighted by Crippen LogP contribution is -2.48. The molecule has 0 radical (unpaired) electrons. The summed E-state index contributed by atoms with van der Waals surface area (Å²) in [7, 11) is 1.60. The number of fused-ring (bicyclic) bond motifs is 2. The van der Waals surface area contributed by atoms with E-state index in [1.165, 1.54) is 11.3 Å². The SMILES string of the molecule is COc1ccc([C@@H]2[C@H]3C(c4ccccc4)(C(C#N)c4nc5ccccc5s4)NC(=O)C23C#N)cc1. The maximum absolute atomic E-state index is 13.6. The van der Waals surface area contributed by atoms with Crippen LogP contribution in [-0.4, -0.2) is 18.0 Å². The lowest BCUT2D eigenvalue weighted by molar-refractivity contribution is -0.124. The molecule has 3 unspecified atom stereocenters. The van der Waals surface area contributed by atoms with Gasteiger partial charge in [-0.3, -0.25) is 4.79 Å². The molecule has 35 heavy (non-hydrogen) atoms. The molecule has 5 atom stereocenters. The fourth-order valence-corrected chi connectivity index (χ4v) is 6.96. The predicted octanol–water partition coefficient (Wildman–Crippen LogP) is 4.86. The Morgan fingerprint density at radius 1 is 1.03 bits per heavy atom. The van der Waals surface area contributed by atoms with Crippen LogP contribution in [0, 0.1) is 34.0 Å². The minimum atomic E-state index is -1.25. The summed E-state index contributed by atoms with van der Waals surface area (Å²) in [5.41, 5.74) is 0.150. The third kappa shape index (κ3) is 2.79. The smallest absolute Gasteiger partial charge is 0.242 e. The molecule has 2 aliphatic rings. The predicted molar refractivity (Wildman–Crippen MR) is 132 cm³/mol. The molecular formula is C28H20N4O2S. The number of nitriles is 2. The number of amides is 1. The van der Waals surface area contributed by atoms with Gasteiger partial charge in [0, 0.05) is 11.8 Å². The van der Waals surface area contributed by atoms with Crippen LogP contribution in [-0.2, 0) is 10.3 Å². The highest BCUT2D eigenvalue weighted by Crippen LogP contribution is 2.76. The van der Waals surface area contributed by atoms with Gasteiger partial charge < -0.3 is 10.1 Å². The standard InChI is InChI=1S/C28H20N4O2S/c1-34-19-13-11-17(12-14-19)23-24-27(23,16-30)26(33)32-28(24,18-7-3-2-4-8-18)20(15-29)25-31-21-9-5-6-10-22(21)35-25/h2-14,20,23-24H,1H3,(H,32,33)/t20?,23-,24-,27?,28?/m1/s1. The van der Waals surface area contributed by atoms with Crippen molar-refractivity contribution in [3.05, 3.63) is 95.0 Å². The molecule has 1 aromatic heterocycles. The molecule has 1 aliphatic carbocycles. The third-order valence-electron chi connectivity index (χ3n) is 7.45. The van der Waals surface area contributed by atoms with Crippen molar-refractivity contribution in [3.8, 4) is 17.9 Å². The van der Waals surface area contributed by atoms with Gasteiger partial charge in [-0.15, -0.1) is 11.3 Å². The Balaban J connectivity index is 1.56. The van der Waals surface area contributed by atoms with Crippen molar-refractivity contribution in [3.63, 3.8) is 0 Å². The van der Waals surface area contributed by atoms with Gasteiger partial charge in [-0.1, -0.05) is 54.6 Å². The van der Waals surface area contributed by atoms with E-state index in [4.69, 9.17) is 9.72 Å². The summed E-state index contributed by atoms with van der Waals surface area (Å²) in [6, 6.07) is 29.6. The minimum absolute atomic E-state index is 0.337. The Labute approximate surface area is 206 Å². The average molecular weight is 477 g/mol. The molecule has 6 rings (SSSR count). The van der Waals surface area contributed by atoms with E-state index in [0.717, 1.165) is 21.3 Å². The van der Waals surface area contributed by atoms with Gasteiger partial charge in [0.2, 0.25) is 5.91 Å². The van der Waals surface area contributed by atoms with Crippen LogP contribution in [0.5, 0.6) is 5.75 Å². The van der Waals surface area contributed by atoms with E-state index in [1.807, 2.05) is 78.9 Å². The van der Waals surface area contributed by atoms with Crippen molar-refractivity contribution in [2.45, 2.75) is 17.4 Å². The molecule has 4 aromatic rings. The van der Waals surface area contributed by atoms with Gasteiger partial charge in [0.25, 0.3) is 0 Å². The van der Waals surface area contributed by atoms with Crippen molar-refractivity contribution < 1.29 is 9.53 Å². The molecule has 3 aromatic carbocycles. The van der Waals surface area contributed by atoms with Crippen LogP contribution in [0.15, 0.2) is 78.9 Å². The highest BCUT2D eigenvalue weighted by atomic mass is 32.1. The summed E-state index contributed by atoms with van der Waals surface area (Å²) in [6.07, 6.45) is 0. The van der Waals surface area contributed by atoms with Gasteiger partial charge in [0.05, 0.1) is 35.0 Å². The summed E-state index contributed by atoms with van der Waals surface area (Å²) < 4.78 is 6.27. The van der Waals surface area contributed by atoms with Gasteiger partial charge in [0.15, 0.2) is 0 Å². The number of nitrogens with zero attached hydrogens (tertiary/aromatic N) is 3. The number of para-hydroxylation sites is 1. The van der Waals surface area contributed by atoms with E-state index >= 15 is 0 Å². The van der Waals surface area contributed by atoms with Gasteiger partial charge in [0.1, 0.15) is 22.1 Å². The Morgan fingerprint density at radius 2 is 1.74 bits per heavy atom. The van der Waals surface area contributed by atoms with Crippen LogP contribution < -0.4 is 10.1 Å². The number of hydrogen-bond acceptors (Lipinski definition) is 6. The molecule has 1 saturated carbocycles. The minimum Gasteiger partial charge on any atom is -0.497 e. The highest BCUT2D eigenvalue weighted by Gasteiger charge is 2.84. The molecule has 1 saturated heterocycles. The largest absolute Gasteiger partial charge is 0.497 e. The number of carbonyl (C=O) groups excluding carboxylic acids is 1. The Kier molecular flexibility index (Phi) is 4.67. The van der Waals surface area contributed by atoms with Crippen LogP contribution in [0.2, 0.25) is 0 Å². The van der Waals surface area contributed by atoms with E-state index in [1.54, 1.807) is 7.11 Å². The Morgan fingerprint density at radius 3 is 2.40 bits per heavy atom. The topological polar surface area (TPSA) is 98.8 Å². The number of nitrogens with one attached hydrogen (secondary N) is 1. The first-order valence-corrected chi connectivity index (χ1v) is 12.1. The molecule has 6 nitrogen and oxygen atoms in total. The highest BCUT2D eigenvalue weighted by molar-refractivity contribution is 7.18. The van der Waals surface area contributed by atoms with Crippen molar-refractivity contribution >= 4 is 27.5 Å². The maximum atomic E-state index is 13.6. The molecule has 2 fully saturated rings. The number of methoxy groups -OCH3 is 1. The van der Waals surface area contributed by atoms with E-state index in [9.17, 15) is 15.3 Å². The molecule has 0 bridgehead atoms. The first-order valence-electron chi connectivity index (χ1n) is 11.3. The second kappa shape index (κ2) is 7.66. The Bertz CT molecular complexity index is 1500. The molecule has 0 spiro atoms. The molecule has 2 heterocycles. The zero-order valence-corrected chi connectivity index (χ0v) is 19.6. The van der Waals surface area contributed by atoms with Crippen molar-refractivity contribution in [1.29, 1.82) is 10.5 Å². The lowest BCUT2D eigenvalue weighted by atomic mass is 9.74. The number of rotatable bonds is 5. The first kappa shape index (κ1) is 21.3. The summed E-state index contributed by atoms with van der Waals surface area (Å²) in [6.45, 7) is 0. The number of ether oxygens (including phenoxy) is 1. The van der Waals surface area contributed by atoms with Crippen LogP contribution in [0.25, 0.3) is 10.2 Å². The Hall–Kier alpha value is -4.20. The normalized spacial score (nSPS) is 27.3. The zero-order valence-electron chi connectivity index (χ0n) is 18.8. The number of benzene rings is 3. The summed E-state index contributed by atoms with van der Waals surface area (Å²) >= 11 is 1.46. The molecular weight excluding hydrogens is 456 g/mol. The molecule has 1 aliphatic heterocycles. The molecule has 1 amide bonds. The second-order valence-corrected chi connectivity index (χ2v) is 10.0. The maximum Gasteiger partial charge on any atom is 0.242 e. The number of thiazole rings is 1. The first-order chi connectivity index (χ1) is 17.1. The quantitative estimate of drug-likeness (QED) is 0.443. The molecule has 1 N–H and O–H groups in total. The average Bonchev–Trinajstić information content (AvgIpc) is 3.30. The molecule has 7 heteroatoms. The van der Waals surface area contributed by atoms with Crippen LogP contribution >= 0.6 is 11.3 Å². The number of piperidine rings is 1. The zero-order chi connectivity index (χ0) is 24.2. The van der Waals surface area contributed by atoms with Crippen molar-refractivity contribution in [2.75, 3.05) is 7.11 Å².